The molecule has 8 heteroatoms. The molecule has 25 heavy (non-hydrogen) atoms. The number of halogens is 1. The van der Waals surface area contributed by atoms with Gasteiger partial charge >= 0.3 is 0 Å². The fourth-order valence-electron chi connectivity index (χ4n) is 2.90. The van der Waals surface area contributed by atoms with E-state index in [0.717, 1.165) is 62.5 Å². The van der Waals surface area contributed by atoms with Gasteiger partial charge < -0.3 is 15.4 Å². The molecule has 1 saturated heterocycles. The Kier molecular flexibility index (Phi) is 9.61. The smallest absolute Gasteiger partial charge is 0.191 e. The van der Waals surface area contributed by atoms with Gasteiger partial charge in [0.25, 0.3) is 0 Å². The van der Waals surface area contributed by atoms with E-state index in [9.17, 15) is 0 Å². The van der Waals surface area contributed by atoms with E-state index in [-0.39, 0.29) is 29.5 Å². The van der Waals surface area contributed by atoms with Crippen molar-refractivity contribution in [2.45, 2.75) is 39.7 Å². The highest BCUT2D eigenvalue weighted by atomic mass is 127. The Morgan fingerprint density at radius 3 is 2.52 bits per heavy atom. The van der Waals surface area contributed by atoms with Crippen molar-refractivity contribution in [1.29, 1.82) is 0 Å². The largest absolute Gasteiger partial charge is 0.379 e. The highest BCUT2D eigenvalue weighted by Gasteiger charge is 2.28. The summed E-state index contributed by atoms with van der Waals surface area (Å²) in [6.45, 7) is 14.0. The first-order valence-electron chi connectivity index (χ1n) is 8.62. The third kappa shape index (κ3) is 6.99. The predicted molar refractivity (Wildman–Crippen MR) is 117 cm³/mol. The SMILES string of the molecule is CN=C(NCCc1sc(C)nc1C)NCC(C)(C)N1CCOCC1.I. The second-order valence-corrected chi connectivity index (χ2v) is 8.04. The summed E-state index contributed by atoms with van der Waals surface area (Å²) in [7, 11) is 1.82. The van der Waals surface area contributed by atoms with Crippen molar-refractivity contribution >= 4 is 41.3 Å². The molecule has 1 fully saturated rings. The number of thiazole rings is 1. The Balaban J connectivity index is 0.00000312. The van der Waals surface area contributed by atoms with Gasteiger partial charge in [-0.25, -0.2) is 4.98 Å². The maximum Gasteiger partial charge on any atom is 0.191 e. The summed E-state index contributed by atoms with van der Waals surface area (Å²) >= 11 is 1.78. The van der Waals surface area contributed by atoms with E-state index in [4.69, 9.17) is 4.74 Å². The van der Waals surface area contributed by atoms with Gasteiger partial charge in [-0.1, -0.05) is 0 Å². The van der Waals surface area contributed by atoms with E-state index in [1.54, 1.807) is 11.3 Å². The molecule has 0 radical (unpaired) electrons. The Morgan fingerprint density at radius 1 is 1.28 bits per heavy atom. The van der Waals surface area contributed by atoms with Crippen LogP contribution in [-0.2, 0) is 11.2 Å². The van der Waals surface area contributed by atoms with Crippen LogP contribution in [0.25, 0.3) is 0 Å². The lowest BCUT2D eigenvalue weighted by atomic mass is 10.0. The normalized spacial score (nSPS) is 16.4. The number of nitrogens with zero attached hydrogens (tertiary/aromatic N) is 3. The van der Waals surface area contributed by atoms with Crippen LogP contribution in [0.15, 0.2) is 4.99 Å². The molecule has 2 N–H and O–H groups in total. The third-order valence-electron chi connectivity index (χ3n) is 4.42. The van der Waals surface area contributed by atoms with Gasteiger partial charge in [0, 0.05) is 50.1 Å². The van der Waals surface area contributed by atoms with Gasteiger partial charge in [0.1, 0.15) is 0 Å². The third-order valence-corrected chi connectivity index (χ3v) is 5.56. The van der Waals surface area contributed by atoms with Crippen LogP contribution < -0.4 is 10.6 Å². The first-order valence-corrected chi connectivity index (χ1v) is 9.44. The van der Waals surface area contributed by atoms with E-state index < -0.39 is 0 Å². The molecule has 0 amide bonds. The summed E-state index contributed by atoms with van der Waals surface area (Å²) in [5, 5.41) is 8.00. The van der Waals surface area contributed by atoms with Crippen molar-refractivity contribution in [3.05, 3.63) is 15.6 Å². The Hall–Kier alpha value is -0.450. The Bertz CT molecular complexity index is 555. The minimum Gasteiger partial charge on any atom is -0.379 e. The predicted octanol–water partition coefficient (Wildman–Crippen LogP) is 2.20. The fourth-order valence-corrected chi connectivity index (χ4v) is 3.84. The molecule has 1 aromatic rings. The van der Waals surface area contributed by atoms with E-state index in [0.29, 0.717) is 0 Å². The van der Waals surface area contributed by atoms with E-state index in [2.05, 4.69) is 53.2 Å². The molecule has 0 unspecified atom stereocenters. The highest BCUT2D eigenvalue weighted by molar-refractivity contribution is 14.0. The van der Waals surface area contributed by atoms with Crippen molar-refractivity contribution in [3.8, 4) is 0 Å². The number of nitrogens with one attached hydrogen (secondary N) is 2. The van der Waals surface area contributed by atoms with Gasteiger partial charge in [-0.05, 0) is 27.7 Å². The molecular formula is C17H32IN5OS. The summed E-state index contributed by atoms with van der Waals surface area (Å²) in [5.41, 5.74) is 1.22. The zero-order valence-electron chi connectivity index (χ0n) is 16.0. The number of aromatic nitrogens is 1. The van der Waals surface area contributed by atoms with Gasteiger partial charge in [0.2, 0.25) is 0 Å². The zero-order chi connectivity index (χ0) is 17.6. The van der Waals surface area contributed by atoms with Crippen molar-refractivity contribution < 1.29 is 4.74 Å². The minimum absolute atomic E-state index is 0. The number of aryl methyl sites for hydroxylation is 2. The fraction of sp³-hybridized carbons (Fsp3) is 0.765. The van der Waals surface area contributed by atoms with Gasteiger partial charge in [0.15, 0.2) is 5.96 Å². The molecule has 1 aliphatic heterocycles. The number of guanidine groups is 1. The maximum atomic E-state index is 5.45. The van der Waals surface area contributed by atoms with Crippen LogP contribution in [0.5, 0.6) is 0 Å². The van der Waals surface area contributed by atoms with E-state index in [1.165, 1.54) is 4.88 Å². The molecule has 6 nitrogen and oxygen atoms in total. The topological polar surface area (TPSA) is 61.8 Å². The summed E-state index contributed by atoms with van der Waals surface area (Å²) < 4.78 is 5.45. The van der Waals surface area contributed by atoms with Crippen LogP contribution in [0.1, 0.15) is 29.4 Å². The van der Waals surface area contributed by atoms with Crippen LogP contribution in [0.3, 0.4) is 0 Å². The van der Waals surface area contributed by atoms with Crippen molar-refractivity contribution in [2.24, 2.45) is 4.99 Å². The summed E-state index contributed by atoms with van der Waals surface area (Å²) in [4.78, 5) is 12.6. The van der Waals surface area contributed by atoms with Crippen molar-refractivity contribution in [2.75, 3.05) is 46.4 Å². The first-order chi connectivity index (χ1) is 11.4. The molecule has 0 saturated carbocycles. The average molecular weight is 481 g/mol. The molecule has 0 aliphatic carbocycles. The molecule has 0 aromatic carbocycles. The van der Waals surface area contributed by atoms with Gasteiger partial charge in [-0.2, -0.15) is 0 Å². The van der Waals surface area contributed by atoms with Crippen molar-refractivity contribution in [3.63, 3.8) is 0 Å². The molecule has 1 aromatic heterocycles. The molecule has 2 heterocycles. The molecule has 0 atom stereocenters. The molecule has 0 bridgehead atoms. The standard InChI is InChI=1S/C17H31N5OS.HI/c1-13-15(24-14(2)21-13)6-7-19-16(18-5)20-12-17(3,4)22-8-10-23-11-9-22;/h6-12H2,1-5H3,(H2,18,19,20);1H. The lowest BCUT2D eigenvalue weighted by Gasteiger charge is -2.41. The first kappa shape index (κ1) is 22.6. The summed E-state index contributed by atoms with van der Waals surface area (Å²) in [6, 6.07) is 0. The van der Waals surface area contributed by atoms with Gasteiger partial charge in [-0.15, -0.1) is 35.3 Å². The molecule has 144 valence electrons. The molecule has 1 aliphatic rings. The molecule has 2 rings (SSSR count). The number of morpholine rings is 1. The maximum absolute atomic E-state index is 5.45. The highest BCUT2D eigenvalue weighted by Crippen LogP contribution is 2.17. The monoisotopic (exact) mass is 481 g/mol. The number of hydrogen-bond donors (Lipinski definition) is 2. The second-order valence-electron chi connectivity index (χ2n) is 6.76. The van der Waals surface area contributed by atoms with Crippen LogP contribution in [0.2, 0.25) is 0 Å². The van der Waals surface area contributed by atoms with Crippen molar-refractivity contribution in [1.82, 2.24) is 20.5 Å². The molecular weight excluding hydrogens is 449 g/mol. The minimum atomic E-state index is 0. The summed E-state index contributed by atoms with van der Waals surface area (Å²) in [5.74, 6) is 0.857. The Morgan fingerprint density at radius 2 is 1.96 bits per heavy atom. The lowest BCUT2D eigenvalue weighted by Crippen LogP contribution is -2.56. The molecule has 0 spiro atoms. The van der Waals surface area contributed by atoms with Gasteiger partial charge in [0.05, 0.1) is 23.9 Å². The number of aliphatic imine (C=N–C) groups is 1. The summed E-state index contributed by atoms with van der Waals surface area (Å²) in [6.07, 6.45) is 0.977. The van der Waals surface area contributed by atoms with Gasteiger partial charge in [-0.3, -0.25) is 9.89 Å². The number of hydrogen-bond acceptors (Lipinski definition) is 5. The Labute approximate surface area is 172 Å². The second kappa shape index (κ2) is 10.6. The van der Waals surface area contributed by atoms with Crippen LogP contribution >= 0.6 is 35.3 Å². The van der Waals surface area contributed by atoms with E-state index in [1.807, 2.05) is 7.05 Å². The number of ether oxygens (including phenoxy) is 1. The zero-order valence-corrected chi connectivity index (χ0v) is 19.2. The van der Waals surface area contributed by atoms with Crippen LogP contribution in [-0.4, -0.2) is 67.8 Å². The quantitative estimate of drug-likeness (QED) is 0.371. The lowest BCUT2D eigenvalue weighted by molar-refractivity contribution is -0.00833. The van der Waals surface area contributed by atoms with E-state index >= 15 is 0 Å². The van der Waals surface area contributed by atoms with Crippen LogP contribution in [0, 0.1) is 13.8 Å². The average Bonchev–Trinajstić information content (AvgIpc) is 2.89. The number of rotatable bonds is 6. The van der Waals surface area contributed by atoms with Crippen LogP contribution in [0.4, 0.5) is 0 Å².